The van der Waals surface area contributed by atoms with Gasteiger partial charge in [0.2, 0.25) is 0 Å². The summed E-state index contributed by atoms with van der Waals surface area (Å²) in [5, 5.41) is 1.96. The molecule has 1 aromatic heterocycles. The van der Waals surface area contributed by atoms with Crippen LogP contribution in [0.4, 0.5) is 4.39 Å². The van der Waals surface area contributed by atoms with Crippen LogP contribution in [0.15, 0.2) is 40.2 Å². The second-order valence-corrected chi connectivity index (χ2v) is 6.13. The molecule has 0 aliphatic heterocycles. The number of carbonyl (C=O) groups excluding carboxylic acids is 1. The zero-order valence-corrected chi connectivity index (χ0v) is 13.0. The third kappa shape index (κ3) is 3.04. The lowest BCUT2D eigenvalue weighted by Gasteiger charge is -2.24. The number of rotatable bonds is 3. The molecule has 0 radical (unpaired) electrons. The van der Waals surface area contributed by atoms with Crippen molar-refractivity contribution in [2.24, 2.45) is 0 Å². The summed E-state index contributed by atoms with van der Waals surface area (Å²) in [6, 6.07) is 8.30. The number of amides is 1. The van der Waals surface area contributed by atoms with Gasteiger partial charge in [0, 0.05) is 16.4 Å². The highest BCUT2D eigenvalue weighted by Gasteiger charge is 2.22. The van der Waals surface area contributed by atoms with E-state index in [1.54, 1.807) is 29.4 Å². The van der Waals surface area contributed by atoms with Crippen molar-refractivity contribution in [3.8, 4) is 0 Å². The normalized spacial score (nSPS) is 12.2. The van der Waals surface area contributed by atoms with Gasteiger partial charge in [-0.25, -0.2) is 4.39 Å². The van der Waals surface area contributed by atoms with Crippen molar-refractivity contribution in [2.45, 2.75) is 13.0 Å². The highest BCUT2D eigenvalue weighted by Crippen LogP contribution is 2.25. The minimum atomic E-state index is -0.510. The summed E-state index contributed by atoms with van der Waals surface area (Å²) in [5.41, 5.74) is 0.0918. The standard InChI is InChI=1S/C14H13BrFNOS/c1-9(13-4-3-7-19-13)17(2)14(18)11-6-5-10(15)8-12(11)16/h3-9H,1-2H3. The molecule has 0 spiro atoms. The Balaban J connectivity index is 2.24. The van der Waals surface area contributed by atoms with Crippen LogP contribution in [0.25, 0.3) is 0 Å². The lowest BCUT2D eigenvalue weighted by atomic mass is 10.1. The van der Waals surface area contributed by atoms with Crippen LogP contribution in [0.2, 0.25) is 0 Å². The fourth-order valence-electron chi connectivity index (χ4n) is 1.75. The second-order valence-electron chi connectivity index (χ2n) is 4.23. The molecule has 0 saturated carbocycles. The molecule has 1 amide bonds. The van der Waals surface area contributed by atoms with Gasteiger partial charge in [-0.2, -0.15) is 0 Å². The molecule has 0 bridgehead atoms. The first kappa shape index (κ1) is 14.2. The molecule has 0 aliphatic rings. The molecule has 1 aromatic carbocycles. The average molecular weight is 342 g/mol. The van der Waals surface area contributed by atoms with Crippen LogP contribution in [0.3, 0.4) is 0 Å². The van der Waals surface area contributed by atoms with E-state index in [1.165, 1.54) is 12.1 Å². The van der Waals surface area contributed by atoms with E-state index in [2.05, 4.69) is 15.9 Å². The Labute approximate surface area is 124 Å². The Morgan fingerprint density at radius 3 is 2.74 bits per heavy atom. The van der Waals surface area contributed by atoms with E-state index in [4.69, 9.17) is 0 Å². The SMILES string of the molecule is CC(c1cccs1)N(C)C(=O)c1ccc(Br)cc1F. The third-order valence-electron chi connectivity index (χ3n) is 3.02. The van der Waals surface area contributed by atoms with Gasteiger partial charge in [0.05, 0.1) is 11.6 Å². The monoisotopic (exact) mass is 341 g/mol. The molecule has 19 heavy (non-hydrogen) atoms. The molecule has 1 heterocycles. The molecule has 0 saturated heterocycles. The van der Waals surface area contributed by atoms with Crippen molar-refractivity contribution in [2.75, 3.05) is 7.05 Å². The van der Waals surface area contributed by atoms with Gasteiger partial charge in [0.25, 0.3) is 5.91 Å². The van der Waals surface area contributed by atoms with Gasteiger partial charge in [0.15, 0.2) is 0 Å². The zero-order valence-electron chi connectivity index (χ0n) is 10.6. The Bertz CT molecular complexity index is 585. The van der Waals surface area contributed by atoms with E-state index in [-0.39, 0.29) is 17.5 Å². The highest BCUT2D eigenvalue weighted by molar-refractivity contribution is 9.10. The lowest BCUT2D eigenvalue weighted by Crippen LogP contribution is -2.29. The Kier molecular flexibility index (Phi) is 4.37. The van der Waals surface area contributed by atoms with Gasteiger partial charge in [-0.05, 0) is 36.6 Å². The molecule has 2 nitrogen and oxygen atoms in total. The predicted octanol–water partition coefficient (Wildman–Crippen LogP) is 4.48. The third-order valence-corrected chi connectivity index (χ3v) is 4.55. The van der Waals surface area contributed by atoms with Crippen molar-refractivity contribution in [1.82, 2.24) is 4.90 Å². The maximum atomic E-state index is 13.8. The molecule has 1 unspecified atom stereocenters. The van der Waals surface area contributed by atoms with Crippen LogP contribution in [-0.4, -0.2) is 17.9 Å². The number of nitrogens with zero attached hydrogens (tertiary/aromatic N) is 1. The van der Waals surface area contributed by atoms with Crippen molar-refractivity contribution in [3.05, 3.63) is 56.4 Å². The quantitative estimate of drug-likeness (QED) is 0.805. The lowest BCUT2D eigenvalue weighted by molar-refractivity contribution is 0.0740. The average Bonchev–Trinajstić information content (AvgIpc) is 2.90. The molecule has 0 fully saturated rings. The van der Waals surface area contributed by atoms with Gasteiger partial charge in [0.1, 0.15) is 5.82 Å². The van der Waals surface area contributed by atoms with Crippen LogP contribution in [0.5, 0.6) is 0 Å². The van der Waals surface area contributed by atoms with Gasteiger partial charge < -0.3 is 4.90 Å². The van der Waals surface area contributed by atoms with Gasteiger partial charge >= 0.3 is 0 Å². The van der Waals surface area contributed by atoms with Crippen LogP contribution in [0.1, 0.15) is 28.2 Å². The summed E-state index contributed by atoms with van der Waals surface area (Å²) in [6.45, 7) is 1.93. The van der Waals surface area contributed by atoms with Crippen molar-refractivity contribution >= 4 is 33.2 Å². The van der Waals surface area contributed by atoms with E-state index < -0.39 is 5.82 Å². The number of thiophene rings is 1. The Hall–Kier alpha value is -1.20. The Morgan fingerprint density at radius 2 is 2.16 bits per heavy atom. The van der Waals surface area contributed by atoms with E-state index in [9.17, 15) is 9.18 Å². The first-order valence-electron chi connectivity index (χ1n) is 5.76. The number of carbonyl (C=O) groups is 1. The summed E-state index contributed by atoms with van der Waals surface area (Å²) >= 11 is 4.76. The molecule has 1 atom stereocenters. The largest absolute Gasteiger partial charge is 0.334 e. The topological polar surface area (TPSA) is 20.3 Å². The summed E-state index contributed by atoms with van der Waals surface area (Å²) < 4.78 is 14.4. The van der Waals surface area contributed by atoms with E-state index in [1.807, 2.05) is 24.4 Å². The summed E-state index contributed by atoms with van der Waals surface area (Å²) in [7, 11) is 1.69. The summed E-state index contributed by atoms with van der Waals surface area (Å²) in [5.74, 6) is -0.824. The van der Waals surface area contributed by atoms with E-state index in [0.717, 1.165) is 4.88 Å². The number of hydrogen-bond acceptors (Lipinski definition) is 2. The fraction of sp³-hybridized carbons (Fsp3) is 0.214. The number of halogens is 2. The minimum absolute atomic E-state index is 0.0736. The van der Waals surface area contributed by atoms with Crippen LogP contribution < -0.4 is 0 Å². The van der Waals surface area contributed by atoms with Gasteiger partial charge in [-0.15, -0.1) is 11.3 Å². The molecular formula is C14H13BrFNOS. The Morgan fingerprint density at radius 1 is 1.42 bits per heavy atom. The fourth-order valence-corrected chi connectivity index (χ4v) is 2.91. The van der Waals surface area contributed by atoms with Crippen LogP contribution in [0, 0.1) is 5.82 Å². The first-order valence-corrected chi connectivity index (χ1v) is 7.43. The highest BCUT2D eigenvalue weighted by atomic mass is 79.9. The van der Waals surface area contributed by atoms with E-state index in [0.29, 0.717) is 4.47 Å². The van der Waals surface area contributed by atoms with Crippen molar-refractivity contribution in [3.63, 3.8) is 0 Å². The molecule has 0 N–H and O–H groups in total. The van der Waals surface area contributed by atoms with Gasteiger partial charge in [-0.3, -0.25) is 4.79 Å². The van der Waals surface area contributed by atoms with Crippen LogP contribution >= 0.6 is 27.3 Å². The predicted molar refractivity (Wildman–Crippen MR) is 78.9 cm³/mol. The van der Waals surface area contributed by atoms with Gasteiger partial charge in [-0.1, -0.05) is 22.0 Å². The molecule has 100 valence electrons. The molecule has 0 aliphatic carbocycles. The summed E-state index contributed by atoms with van der Waals surface area (Å²) in [4.78, 5) is 14.9. The molecular weight excluding hydrogens is 329 g/mol. The molecule has 2 rings (SSSR count). The zero-order chi connectivity index (χ0) is 14.0. The number of hydrogen-bond donors (Lipinski definition) is 0. The second kappa shape index (κ2) is 5.84. The maximum Gasteiger partial charge on any atom is 0.257 e. The van der Waals surface area contributed by atoms with Crippen molar-refractivity contribution < 1.29 is 9.18 Å². The van der Waals surface area contributed by atoms with Crippen LogP contribution in [-0.2, 0) is 0 Å². The first-order chi connectivity index (χ1) is 9.00. The molecule has 2 aromatic rings. The molecule has 5 heteroatoms. The number of benzene rings is 1. The smallest absolute Gasteiger partial charge is 0.257 e. The maximum absolute atomic E-state index is 13.8. The minimum Gasteiger partial charge on any atom is -0.334 e. The van der Waals surface area contributed by atoms with Crippen molar-refractivity contribution in [1.29, 1.82) is 0 Å². The van der Waals surface area contributed by atoms with E-state index >= 15 is 0 Å². The summed E-state index contributed by atoms with van der Waals surface area (Å²) in [6.07, 6.45) is 0.